The molecule has 1 atom stereocenters. The second kappa shape index (κ2) is 5.04. The Morgan fingerprint density at radius 2 is 1.79 bits per heavy atom. The lowest BCUT2D eigenvalue weighted by Crippen LogP contribution is -2.17. The third-order valence-corrected chi connectivity index (χ3v) is 3.89. The number of aliphatic hydroxyl groups is 1. The van der Waals surface area contributed by atoms with Gasteiger partial charge in [-0.3, -0.25) is 0 Å². The number of halogens is 2. The molecule has 98 valence electrons. The van der Waals surface area contributed by atoms with Crippen molar-refractivity contribution in [1.29, 1.82) is 0 Å². The molecule has 1 heterocycles. The van der Waals surface area contributed by atoms with Crippen molar-refractivity contribution in [3.8, 4) is 16.9 Å². The van der Waals surface area contributed by atoms with Crippen LogP contribution in [0.2, 0.25) is 10.0 Å². The minimum Gasteiger partial charge on any atom is -0.487 e. The molecule has 0 radical (unpaired) electrons. The molecule has 0 spiro atoms. The van der Waals surface area contributed by atoms with Crippen LogP contribution in [-0.4, -0.2) is 17.8 Å². The Bertz CT molecular complexity index is 605. The van der Waals surface area contributed by atoms with E-state index in [4.69, 9.17) is 27.9 Å². The van der Waals surface area contributed by atoms with Crippen LogP contribution in [-0.2, 0) is 6.42 Å². The van der Waals surface area contributed by atoms with E-state index in [9.17, 15) is 5.11 Å². The number of ether oxygens (including phenoxy) is 1. The summed E-state index contributed by atoms with van der Waals surface area (Å²) in [7, 11) is 0. The van der Waals surface area contributed by atoms with Crippen molar-refractivity contribution >= 4 is 23.2 Å². The number of para-hydroxylation sites is 1. The zero-order chi connectivity index (χ0) is 13.4. The van der Waals surface area contributed by atoms with Crippen molar-refractivity contribution in [3.05, 3.63) is 52.0 Å². The average Bonchev–Trinajstić information content (AvgIpc) is 2.82. The van der Waals surface area contributed by atoms with Crippen LogP contribution < -0.4 is 4.74 Å². The minimum atomic E-state index is -0.183. The molecule has 2 aromatic rings. The molecule has 3 rings (SSSR count). The van der Waals surface area contributed by atoms with E-state index < -0.39 is 0 Å². The van der Waals surface area contributed by atoms with Gasteiger partial charge in [-0.15, -0.1) is 0 Å². The number of aliphatic hydroxyl groups excluding tert-OH is 1. The van der Waals surface area contributed by atoms with Crippen LogP contribution in [0, 0.1) is 0 Å². The van der Waals surface area contributed by atoms with Crippen LogP contribution in [0.1, 0.15) is 5.56 Å². The van der Waals surface area contributed by atoms with Gasteiger partial charge in [0.2, 0.25) is 0 Å². The maximum absolute atomic E-state index is 9.23. The van der Waals surface area contributed by atoms with Gasteiger partial charge >= 0.3 is 0 Å². The van der Waals surface area contributed by atoms with E-state index in [0.717, 1.165) is 22.4 Å². The molecule has 0 saturated carbocycles. The maximum atomic E-state index is 9.23. The van der Waals surface area contributed by atoms with E-state index in [1.807, 2.05) is 24.3 Å². The summed E-state index contributed by atoms with van der Waals surface area (Å²) in [6.45, 7) is 0.00434. The van der Waals surface area contributed by atoms with E-state index in [1.165, 1.54) is 0 Å². The second-order valence-electron chi connectivity index (χ2n) is 4.52. The monoisotopic (exact) mass is 294 g/mol. The van der Waals surface area contributed by atoms with E-state index >= 15 is 0 Å². The first-order valence-electron chi connectivity index (χ1n) is 6.04. The Morgan fingerprint density at radius 1 is 1.11 bits per heavy atom. The first-order chi connectivity index (χ1) is 9.20. The lowest BCUT2D eigenvalue weighted by molar-refractivity contribution is 0.135. The first kappa shape index (κ1) is 12.8. The molecule has 2 aromatic carbocycles. The molecule has 0 saturated heterocycles. The summed E-state index contributed by atoms with van der Waals surface area (Å²) in [6, 6.07) is 11.3. The fourth-order valence-electron chi connectivity index (χ4n) is 2.39. The normalized spacial score (nSPS) is 17.1. The van der Waals surface area contributed by atoms with Gasteiger partial charge in [0.1, 0.15) is 11.9 Å². The van der Waals surface area contributed by atoms with Crippen LogP contribution in [0.4, 0.5) is 0 Å². The van der Waals surface area contributed by atoms with Gasteiger partial charge in [0, 0.05) is 17.5 Å². The Kier molecular flexibility index (Phi) is 3.40. The quantitative estimate of drug-likeness (QED) is 0.908. The van der Waals surface area contributed by atoms with Crippen LogP contribution in [0.3, 0.4) is 0 Å². The Hall–Kier alpha value is -1.22. The molecule has 0 unspecified atom stereocenters. The van der Waals surface area contributed by atoms with Gasteiger partial charge in [0.15, 0.2) is 0 Å². The second-order valence-corrected chi connectivity index (χ2v) is 5.33. The SMILES string of the molecule is OC[C@@H]1Cc2cccc(-c3c(Cl)cccc3Cl)c2O1. The zero-order valence-electron chi connectivity index (χ0n) is 10.1. The van der Waals surface area contributed by atoms with E-state index in [0.29, 0.717) is 16.5 Å². The molecule has 0 bridgehead atoms. The van der Waals surface area contributed by atoms with Gasteiger partial charge in [0.05, 0.1) is 16.7 Å². The number of hydrogen-bond acceptors (Lipinski definition) is 2. The van der Waals surface area contributed by atoms with Crippen molar-refractivity contribution in [2.45, 2.75) is 12.5 Å². The van der Waals surface area contributed by atoms with Crippen LogP contribution >= 0.6 is 23.2 Å². The van der Waals surface area contributed by atoms with Gasteiger partial charge in [-0.25, -0.2) is 0 Å². The smallest absolute Gasteiger partial charge is 0.131 e. The molecule has 0 aromatic heterocycles. The van der Waals surface area contributed by atoms with E-state index in [2.05, 4.69) is 0 Å². The molecule has 0 aliphatic carbocycles. The predicted octanol–water partition coefficient (Wildman–Crippen LogP) is 3.96. The molecule has 19 heavy (non-hydrogen) atoms. The van der Waals surface area contributed by atoms with E-state index in [1.54, 1.807) is 12.1 Å². The molecule has 4 heteroatoms. The first-order valence-corrected chi connectivity index (χ1v) is 6.80. The Balaban J connectivity index is 2.16. The molecule has 2 nitrogen and oxygen atoms in total. The van der Waals surface area contributed by atoms with E-state index in [-0.39, 0.29) is 12.7 Å². The highest BCUT2D eigenvalue weighted by Gasteiger charge is 2.26. The van der Waals surface area contributed by atoms with Gasteiger partial charge in [0.25, 0.3) is 0 Å². The lowest BCUT2D eigenvalue weighted by Gasteiger charge is -2.13. The van der Waals surface area contributed by atoms with Gasteiger partial charge in [-0.2, -0.15) is 0 Å². The summed E-state index contributed by atoms with van der Waals surface area (Å²) in [6.07, 6.45) is 0.527. The number of rotatable bonds is 2. The Morgan fingerprint density at radius 3 is 2.47 bits per heavy atom. The van der Waals surface area contributed by atoms with Crippen molar-refractivity contribution in [1.82, 2.24) is 0 Å². The Labute approximate surface area is 121 Å². The summed E-state index contributed by atoms with van der Waals surface area (Å²) < 4.78 is 5.78. The van der Waals surface area contributed by atoms with Crippen LogP contribution in [0.15, 0.2) is 36.4 Å². The van der Waals surface area contributed by atoms with Crippen molar-refractivity contribution < 1.29 is 9.84 Å². The molecule has 1 N–H and O–H groups in total. The minimum absolute atomic E-state index is 0.00434. The summed E-state index contributed by atoms with van der Waals surface area (Å²) in [5.41, 5.74) is 2.73. The fourth-order valence-corrected chi connectivity index (χ4v) is 2.99. The predicted molar refractivity (Wildman–Crippen MR) is 77.1 cm³/mol. The van der Waals surface area contributed by atoms with Gasteiger partial charge < -0.3 is 9.84 Å². The summed E-state index contributed by atoms with van der Waals surface area (Å²) in [5.74, 6) is 0.775. The molecule has 0 amide bonds. The van der Waals surface area contributed by atoms with Gasteiger partial charge in [-0.05, 0) is 17.7 Å². The standard InChI is InChI=1S/C15H12Cl2O2/c16-12-5-2-6-13(17)14(12)11-4-1-3-9-7-10(8-18)19-15(9)11/h1-6,10,18H,7-8H2/t10-/m0/s1. The van der Waals surface area contributed by atoms with Crippen molar-refractivity contribution in [3.63, 3.8) is 0 Å². The number of fused-ring (bicyclic) bond motifs is 1. The zero-order valence-corrected chi connectivity index (χ0v) is 11.6. The maximum Gasteiger partial charge on any atom is 0.131 e. The fraction of sp³-hybridized carbons (Fsp3) is 0.200. The molecular weight excluding hydrogens is 283 g/mol. The van der Waals surface area contributed by atoms with Crippen molar-refractivity contribution in [2.24, 2.45) is 0 Å². The molecule has 1 aliphatic heterocycles. The van der Waals surface area contributed by atoms with Crippen LogP contribution in [0.25, 0.3) is 11.1 Å². The highest BCUT2D eigenvalue weighted by Crippen LogP contribution is 2.43. The summed E-state index contributed by atoms with van der Waals surface area (Å²) in [4.78, 5) is 0. The number of hydrogen-bond donors (Lipinski definition) is 1. The molecular formula is C15H12Cl2O2. The lowest BCUT2D eigenvalue weighted by atomic mass is 10.0. The summed E-state index contributed by atoms with van der Waals surface area (Å²) >= 11 is 12.5. The van der Waals surface area contributed by atoms with Crippen molar-refractivity contribution in [2.75, 3.05) is 6.61 Å². The average molecular weight is 295 g/mol. The largest absolute Gasteiger partial charge is 0.487 e. The third-order valence-electron chi connectivity index (χ3n) is 3.26. The summed E-state index contributed by atoms with van der Waals surface area (Å²) in [5, 5.41) is 10.4. The highest BCUT2D eigenvalue weighted by molar-refractivity contribution is 6.39. The molecule has 0 fully saturated rings. The third kappa shape index (κ3) is 2.20. The van der Waals surface area contributed by atoms with Crippen LogP contribution in [0.5, 0.6) is 5.75 Å². The highest BCUT2D eigenvalue weighted by atomic mass is 35.5. The number of benzene rings is 2. The van der Waals surface area contributed by atoms with Gasteiger partial charge in [-0.1, -0.05) is 47.5 Å². The topological polar surface area (TPSA) is 29.5 Å². The molecule has 1 aliphatic rings.